The second-order valence-corrected chi connectivity index (χ2v) is 9.34. The van der Waals surface area contributed by atoms with Gasteiger partial charge in [0.15, 0.2) is 0 Å². The highest BCUT2D eigenvalue weighted by Gasteiger charge is 2.76. The lowest BCUT2D eigenvalue weighted by atomic mass is 9.49. The van der Waals surface area contributed by atoms with Crippen molar-refractivity contribution in [1.82, 2.24) is 0 Å². The summed E-state index contributed by atoms with van der Waals surface area (Å²) >= 11 is 0. The third kappa shape index (κ3) is 3.29. The third-order valence-electron chi connectivity index (χ3n) is 5.99. The van der Waals surface area contributed by atoms with Crippen LogP contribution in [0.3, 0.4) is 0 Å². The lowest BCUT2D eigenvalue weighted by molar-refractivity contribution is -0.364. The third-order valence-corrected chi connectivity index (χ3v) is 6.75. The molecule has 0 aliphatic heterocycles. The van der Waals surface area contributed by atoms with Gasteiger partial charge in [-0.3, -0.25) is 9.59 Å². The van der Waals surface area contributed by atoms with Crippen molar-refractivity contribution in [2.45, 2.75) is 50.1 Å². The maximum Gasteiger partial charge on any atom is 0.438 e. The van der Waals surface area contributed by atoms with E-state index in [0.29, 0.717) is 12.8 Å². The number of alkyl halides is 6. The molecule has 0 spiro atoms. The molecule has 28 heavy (non-hydrogen) atoms. The summed E-state index contributed by atoms with van der Waals surface area (Å²) in [5, 5.41) is 0. The molecule has 6 nitrogen and oxygen atoms in total. The number of esters is 1. The van der Waals surface area contributed by atoms with E-state index in [0.717, 1.165) is 0 Å². The Balaban J connectivity index is 1.99. The first kappa shape index (κ1) is 21.3. The van der Waals surface area contributed by atoms with Gasteiger partial charge in [0.25, 0.3) is 0 Å². The number of ketones is 1. The quantitative estimate of drug-likeness (QED) is 0.380. The molecule has 4 aliphatic rings. The standard InChI is InChI=1S/C15H16F6O6S/c16-14(17,18)13(15(19,20)21,6-28(24,25)26)27-11(23)12-3-7-1-8(4-12)10(22)9(2-7)5-12/h7-9H,1-6H2,(H,24,25,26)/p-1. The minimum atomic E-state index is -6.39. The Morgan fingerprint density at radius 1 is 1.04 bits per heavy atom. The van der Waals surface area contributed by atoms with Gasteiger partial charge in [-0.2, -0.15) is 26.3 Å². The van der Waals surface area contributed by atoms with E-state index < -0.39 is 57.0 Å². The summed E-state index contributed by atoms with van der Waals surface area (Å²) in [7, 11) is -6.08. The van der Waals surface area contributed by atoms with Gasteiger partial charge in [0.1, 0.15) is 5.78 Å². The van der Waals surface area contributed by atoms with Gasteiger partial charge in [-0.1, -0.05) is 0 Å². The highest BCUT2D eigenvalue weighted by molar-refractivity contribution is 7.85. The van der Waals surface area contributed by atoms with Crippen molar-refractivity contribution in [2.75, 3.05) is 5.75 Å². The van der Waals surface area contributed by atoms with Crippen molar-refractivity contribution in [2.24, 2.45) is 23.2 Å². The number of hydrogen-bond acceptors (Lipinski definition) is 6. The van der Waals surface area contributed by atoms with E-state index in [4.69, 9.17) is 0 Å². The first-order chi connectivity index (χ1) is 12.5. The SMILES string of the molecule is O=C1C2CC3CC1CC(C(=O)OC(CS(=O)(=O)[O-])(C(F)(F)F)C(F)(F)F)(C3)C2. The largest absolute Gasteiger partial charge is 0.748 e. The molecule has 2 unspecified atom stereocenters. The second-order valence-electron chi connectivity index (χ2n) is 7.94. The van der Waals surface area contributed by atoms with Crippen molar-refractivity contribution in [1.29, 1.82) is 0 Å². The lowest BCUT2D eigenvalue weighted by Crippen LogP contribution is -2.65. The molecule has 0 heterocycles. The topological polar surface area (TPSA) is 101 Å². The summed E-state index contributed by atoms with van der Waals surface area (Å²) in [5.74, 6) is -6.54. The summed E-state index contributed by atoms with van der Waals surface area (Å²) in [6.45, 7) is 0. The fourth-order valence-electron chi connectivity index (χ4n) is 4.98. The van der Waals surface area contributed by atoms with Crippen LogP contribution in [0.2, 0.25) is 0 Å². The number of carbonyl (C=O) groups excluding carboxylic acids is 2. The van der Waals surface area contributed by atoms with Crippen molar-refractivity contribution in [3.8, 4) is 0 Å². The van der Waals surface area contributed by atoms with Crippen LogP contribution in [0.15, 0.2) is 0 Å². The monoisotopic (exact) mass is 437 g/mol. The highest BCUT2D eigenvalue weighted by atomic mass is 32.2. The zero-order valence-corrected chi connectivity index (χ0v) is 14.9. The summed E-state index contributed by atoms with van der Waals surface area (Å²) in [6, 6.07) is 0. The number of carbonyl (C=O) groups is 2. The van der Waals surface area contributed by atoms with E-state index >= 15 is 0 Å². The van der Waals surface area contributed by atoms with Crippen LogP contribution in [-0.4, -0.2) is 48.4 Å². The molecule has 0 N–H and O–H groups in total. The molecule has 160 valence electrons. The second kappa shape index (κ2) is 6.07. The fraction of sp³-hybridized carbons (Fsp3) is 0.867. The van der Waals surface area contributed by atoms with E-state index in [2.05, 4.69) is 4.74 Å². The average Bonchev–Trinajstić information content (AvgIpc) is 2.47. The Bertz CT molecular complexity index is 769. The predicted octanol–water partition coefficient (Wildman–Crippen LogP) is 2.33. The molecule has 4 aliphatic carbocycles. The summed E-state index contributed by atoms with van der Waals surface area (Å²) in [5.41, 5.74) is -7.19. The van der Waals surface area contributed by atoms with Crippen LogP contribution in [0, 0.1) is 23.2 Å². The summed E-state index contributed by atoms with van der Waals surface area (Å²) in [6.07, 6.45) is -12.5. The van der Waals surface area contributed by atoms with Gasteiger partial charge in [0, 0.05) is 11.8 Å². The highest BCUT2D eigenvalue weighted by Crippen LogP contribution is 2.60. The van der Waals surface area contributed by atoms with Crippen LogP contribution in [0.25, 0.3) is 0 Å². The molecular weight excluding hydrogens is 422 g/mol. The Labute approximate surface area is 155 Å². The van der Waals surface area contributed by atoms with E-state index in [9.17, 15) is 48.9 Å². The Hall–Kier alpha value is -1.37. The van der Waals surface area contributed by atoms with Crippen LogP contribution in [0.5, 0.6) is 0 Å². The van der Waals surface area contributed by atoms with Gasteiger partial charge in [-0.15, -0.1) is 0 Å². The van der Waals surface area contributed by atoms with Gasteiger partial charge in [0.2, 0.25) is 0 Å². The fourth-order valence-corrected chi connectivity index (χ4v) is 5.87. The first-order valence-corrected chi connectivity index (χ1v) is 9.92. The first-order valence-electron chi connectivity index (χ1n) is 8.34. The van der Waals surface area contributed by atoms with E-state index in [1.54, 1.807) is 0 Å². The minimum Gasteiger partial charge on any atom is -0.748 e. The molecular formula is C15H15F6O6S-. The van der Waals surface area contributed by atoms with E-state index in [-0.39, 0.29) is 31.0 Å². The zero-order chi connectivity index (χ0) is 21.3. The molecule has 4 fully saturated rings. The Kier molecular flexibility index (Phi) is 4.62. The normalized spacial score (nSPS) is 33.2. The molecule has 4 bridgehead atoms. The maximum absolute atomic E-state index is 13.3. The summed E-state index contributed by atoms with van der Waals surface area (Å²) in [4.78, 5) is 24.7. The van der Waals surface area contributed by atoms with Gasteiger partial charge in [-0.25, -0.2) is 8.42 Å². The molecule has 2 atom stereocenters. The molecule has 13 heteroatoms. The van der Waals surface area contributed by atoms with Gasteiger partial charge >= 0.3 is 23.9 Å². The van der Waals surface area contributed by atoms with Crippen molar-refractivity contribution in [3.63, 3.8) is 0 Å². The summed E-state index contributed by atoms with van der Waals surface area (Å²) < 4.78 is 116. The smallest absolute Gasteiger partial charge is 0.438 e. The number of rotatable bonds is 4. The van der Waals surface area contributed by atoms with Crippen LogP contribution < -0.4 is 0 Å². The molecule has 0 aromatic heterocycles. The van der Waals surface area contributed by atoms with Crippen molar-refractivity contribution >= 4 is 21.9 Å². The molecule has 0 saturated heterocycles. The number of Topliss-reactive ketones (excluding diaryl/α,β-unsaturated/α-hetero) is 1. The van der Waals surface area contributed by atoms with E-state index in [1.807, 2.05) is 0 Å². The number of ether oxygens (including phenoxy) is 1. The van der Waals surface area contributed by atoms with Crippen LogP contribution in [0.1, 0.15) is 32.1 Å². The molecule has 0 radical (unpaired) electrons. The molecule has 0 amide bonds. The number of halogens is 6. The maximum atomic E-state index is 13.3. The zero-order valence-electron chi connectivity index (χ0n) is 14.1. The van der Waals surface area contributed by atoms with Gasteiger partial charge in [0.05, 0.1) is 21.3 Å². The van der Waals surface area contributed by atoms with E-state index in [1.165, 1.54) is 0 Å². The number of hydrogen-bond donors (Lipinski definition) is 0. The minimum absolute atomic E-state index is 0.0397. The van der Waals surface area contributed by atoms with Crippen LogP contribution in [0.4, 0.5) is 26.3 Å². The predicted molar refractivity (Wildman–Crippen MR) is 76.5 cm³/mol. The molecule has 0 aromatic rings. The average molecular weight is 437 g/mol. The van der Waals surface area contributed by atoms with Crippen LogP contribution >= 0.6 is 0 Å². The van der Waals surface area contributed by atoms with Crippen molar-refractivity contribution < 1.29 is 53.6 Å². The molecule has 4 rings (SSSR count). The molecule has 4 saturated carbocycles. The Morgan fingerprint density at radius 3 is 1.89 bits per heavy atom. The van der Waals surface area contributed by atoms with Gasteiger partial charge < -0.3 is 9.29 Å². The molecule has 0 aromatic carbocycles. The Morgan fingerprint density at radius 2 is 1.50 bits per heavy atom. The van der Waals surface area contributed by atoms with Crippen LogP contribution in [-0.2, 0) is 24.4 Å². The van der Waals surface area contributed by atoms with Crippen molar-refractivity contribution in [3.05, 3.63) is 0 Å². The van der Waals surface area contributed by atoms with Gasteiger partial charge in [-0.05, 0) is 38.0 Å². The lowest BCUT2D eigenvalue weighted by Gasteiger charge is -2.54.